The number of anilines is 1. The van der Waals surface area contributed by atoms with Gasteiger partial charge in [-0.15, -0.1) is 0 Å². The number of benzene rings is 3. The van der Waals surface area contributed by atoms with Gasteiger partial charge in [-0.1, -0.05) is 11.6 Å². The van der Waals surface area contributed by atoms with Crippen LogP contribution in [-0.2, 0) is 6.61 Å². The maximum absolute atomic E-state index is 10.7. The van der Waals surface area contributed by atoms with E-state index in [2.05, 4.69) is 10.5 Å². The molecular weight excluding hydrogens is 440 g/mol. The van der Waals surface area contributed by atoms with E-state index in [1.807, 2.05) is 0 Å². The van der Waals surface area contributed by atoms with Crippen molar-refractivity contribution in [2.75, 3.05) is 12.5 Å². The fraction of sp³-hybridized carbons (Fsp3) is 0.0952. The highest BCUT2D eigenvalue weighted by atomic mass is 35.5. The fourth-order valence-corrected chi connectivity index (χ4v) is 2.94. The van der Waals surface area contributed by atoms with Crippen LogP contribution in [-0.4, -0.2) is 23.2 Å². The average Bonchev–Trinajstić information content (AvgIpc) is 2.78. The Morgan fingerprint density at radius 1 is 1.00 bits per heavy atom. The highest BCUT2D eigenvalue weighted by Crippen LogP contribution is 2.36. The molecule has 0 saturated heterocycles. The molecule has 0 atom stereocenters. The van der Waals surface area contributed by atoms with E-state index in [1.165, 1.54) is 49.7 Å². The van der Waals surface area contributed by atoms with Crippen LogP contribution in [0.4, 0.5) is 17.1 Å². The third kappa shape index (κ3) is 5.70. The van der Waals surface area contributed by atoms with E-state index in [9.17, 15) is 20.2 Å². The summed E-state index contributed by atoms with van der Waals surface area (Å²) in [6.07, 6.45) is 1.51. The van der Waals surface area contributed by atoms with Crippen molar-refractivity contribution in [3.05, 3.63) is 97.0 Å². The lowest BCUT2D eigenvalue weighted by molar-refractivity contribution is -0.385. The SMILES string of the molecule is COc1cc(/C=N\Nc2ccc([N+](=O)[O-])cc2)cc(Cl)c1OCc1ccc([N+](=O)[O-])cc1. The summed E-state index contributed by atoms with van der Waals surface area (Å²) in [7, 11) is 1.47. The zero-order chi connectivity index (χ0) is 23.1. The summed E-state index contributed by atoms with van der Waals surface area (Å²) in [5.74, 6) is 0.712. The topological polar surface area (TPSA) is 129 Å². The predicted octanol–water partition coefficient (Wildman–Crippen LogP) is 5.19. The second-order valence-electron chi connectivity index (χ2n) is 6.42. The van der Waals surface area contributed by atoms with E-state index in [0.29, 0.717) is 27.8 Å². The largest absolute Gasteiger partial charge is 0.493 e. The van der Waals surface area contributed by atoms with Crippen LogP contribution >= 0.6 is 11.6 Å². The second kappa shape index (κ2) is 10.2. The Morgan fingerprint density at radius 3 is 2.16 bits per heavy atom. The lowest BCUT2D eigenvalue weighted by atomic mass is 10.2. The van der Waals surface area contributed by atoms with Gasteiger partial charge in [0, 0.05) is 24.3 Å². The molecule has 0 heterocycles. The number of hydrogen-bond acceptors (Lipinski definition) is 8. The summed E-state index contributed by atoms with van der Waals surface area (Å²) in [4.78, 5) is 20.5. The van der Waals surface area contributed by atoms with Gasteiger partial charge >= 0.3 is 0 Å². The van der Waals surface area contributed by atoms with Gasteiger partial charge in [-0.2, -0.15) is 5.10 Å². The molecule has 11 heteroatoms. The number of halogens is 1. The van der Waals surface area contributed by atoms with Gasteiger partial charge in [0.2, 0.25) is 0 Å². The molecule has 0 aliphatic rings. The van der Waals surface area contributed by atoms with Gasteiger partial charge in [0.1, 0.15) is 6.61 Å². The van der Waals surface area contributed by atoms with E-state index < -0.39 is 9.85 Å². The van der Waals surface area contributed by atoms with Crippen molar-refractivity contribution in [2.24, 2.45) is 5.10 Å². The fourth-order valence-electron chi connectivity index (χ4n) is 2.66. The molecule has 0 aliphatic carbocycles. The number of hydrazone groups is 1. The van der Waals surface area contributed by atoms with Gasteiger partial charge in [-0.3, -0.25) is 25.7 Å². The van der Waals surface area contributed by atoms with Crippen molar-refractivity contribution in [1.29, 1.82) is 0 Å². The Hall–Kier alpha value is -4.18. The van der Waals surface area contributed by atoms with Gasteiger partial charge < -0.3 is 9.47 Å². The number of rotatable bonds is 9. The maximum atomic E-state index is 10.7. The summed E-state index contributed by atoms with van der Waals surface area (Å²) < 4.78 is 11.1. The lowest BCUT2D eigenvalue weighted by Crippen LogP contribution is -2.00. The number of ether oxygens (including phenoxy) is 2. The van der Waals surface area contributed by atoms with E-state index in [4.69, 9.17) is 21.1 Å². The first-order valence-corrected chi connectivity index (χ1v) is 9.52. The van der Waals surface area contributed by atoms with E-state index >= 15 is 0 Å². The molecule has 32 heavy (non-hydrogen) atoms. The van der Waals surface area contributed by atoms with E-state index in [1.54, 1.807) is 24.3 Å². The Morgan fingerprint density at radius 2 is 1.59 bits per heavy atom. The quantitative estimate of drug-likeness (QED) is 0.266. The van der Waals surface area contributed by atoms with Crippen molar-refractivity contribution in [3.63, 3.8) is 0 Å². The Balaban J connectivity index is 1.67. The molecule has 0 aliphatic heterocycles. The summed E-state index contributed by atoms with van der Waals surface area (Å²) in [6.45, 7) is 0.142. The Bertz CT molecular complexity index is 1150. The van der Waals surface area contributed by atoms with E-state index in [-0.39, 0.29) is 18.0 Å². The minimum Gasteiger partial charge on any atom is -0.493 e. The molecule has 0 saturated carbocycles. The number of nitro benzene ring substituents is 2. The smallest absolute Gasteiger partial charge is 0.269 e. The summed E-state index contributed by atoms with van der Waals surface area (Å²) in [5, 5.41) is 25.8. The van der Waals surface area contributed by atoms with Crippen LogP contribution in [0, 0.1) is 20.2 Å². The number of nitrogens with one attached hydrogen (secondary N) is 1. The number of methoxy groups -OCH3 is 1. The van der Waals surface area contributed by atoms with Crippen LogP contribution < -0.4 is 14.9 Å². The van der Waals surface area contributed by atoms with Gasteiger partial charge in [0.15, 0.2) is 11.5 Å². The van der Waals surface area contributed by atoms with Crippen LogP contribution in [0.2, 0.25) is 5.02 Å². The minimum absolute atomic E-state index is 0.00432. The van der Waals surface area contributed by atoms with Crippen LogP contribution in [0.5, 0.6) is 11.5 Å². The van der Waals surface area contributed by atoms with Gasteiger partial charge in [-0.25, -0.2) is 0 Å². The first kappa shape index (κ1) is 22.5. The third-order valence-corrected chi connectivity index (χ3v) is 4.55. The molecule has 3 aromatic carbocycles. The standard InChI is InChI=1S/C21H17ClN4O6/c1-31-20-11-15(12-23-24-16-4-8-18(9-5-16)26(29)30)10-19(22)21(20)32-13-14-2-6-17(7-3-14)25(27)28/h2-12,24H,13H2,1H3/b23-12-. The van der Waals surface area contributed by atoms with Crippen molar-refractivity contribution < 1.29 is 19.3 Å². The molecule has 3 aromatic rings. The van der Waals surface area contributed by atoms with Crippen LogP contribution in [0.1, 0.15) is 11.1 Å². The van der Waals surface area contributed by atoms with Crippen LogP contribution in [0.15, 0.2) is 65.8 Å². The van der Waals surface area contributed by atoms with Crippen molar-refractivity contribution >= 4 is 34.9 Å². The minimum atomic E-state index is -0.480. The molecule has 0 radical (unpaired) electrons. The van der Waals surface area contributed by atoms with Crippen molar-refractivity contribution in [1.82, 2.24) is 0 Å². The number of hydrogen-bond donors (Lipinski definition) is 1. The third-order valence-electron chi connectivity index (χ3n) is 4.27. The molecular formula is C21H17ClN4O6. The average molecular weight is 457 g/mol. The molecule has 0 aromatic heterocycles. The summed E-state index contributed by atoms with van der Waals surface area (Å²) in [5.41, 5.74) is 4.69. The Kier molecular flexibility index (Phi) is 7.19. The molecule has 0 bridgehead atoms. The lowest BCUT2D eigenvalue weighted by Gasteiger charge is -2.13. The normalized spacial score (nSPS) is 10.7. The maximum Gasteiger partial charge on any atom is 0.269 e. The van der Waals surface area contributed by atoms with Crippen molar-refractivity contribution in [2.45, 2.75) is 6.61 Å². The molecule has 0 spiro atoms. The molecule has 0 unspecified atom stereocenters. The predicted molar refractivity (Wildman–Crippen MR) is 120 cm³/mol. The molecule has 0 amide bonds. The molecule has 164 valence electrons. The van der Waals surface area contributed by atoms with Crippen LogP contribution in [0.25, 0.3) is 0 Å². The van der Waals surface area contributed by atoms with Gasteiger partial charge in [0.05, 0.1) is 33.9 Å². The summed E-state index contributed by atoms with van der Waals surface area (Å²) in [6, 6.07) is 15.1. The summed E-state index contributed by atoms with van der Waals surface area (Å²) >= 11 is 6.35. The number of nitro groups is 2. The molecule has 3 rings (SSSR count). The molecule has 1 N–H and O–H groups in total. The zero-order valence-electron chi connectivity index (χ0n) is 16.7. The van der Waals surface area contributed by atoms with Gasteiger partial charge in [0.25, 0.3) is 11.4 Å². The first-order chi connectivity index (χ1) is 15.4. The number of nitrogens with zero attached hydrogens (tertiary/aromatic N) is 3. The molecule has 0 fully saturated rings. The van der Waals surface area contributed by atoms with E-state index in [0.717, 1.165) is 5.56 Å². The second-order valence-corrected chi connectivity index (χ2v) is 6.83. The highest BCUT2D eigenvalue weighted by Gasteiger charge is 2.13. The first-order valence-electron chi connectivity index (χ1n) is 9.14. The Labute approximate surface area is 187 Å². The van der Waals surface area contributed by atoms with Crippen LogP contribution in [0.3, 0.4) is 0 Å². The molecule has 10 nitrogen and oxygen atoms in total. The number of non-ortho nitro benzene ring substituents is 2. The monoisotopic (exact) mass is 456 g/mol. The van der Waals surface area contributed by atoms with Crippen molar-refractivity contribution in [3.8, 4) is 11.5 Å². The van der Waals surface area contributed by atoms with Gasteiger partial charge in [-0.05, 0) is 47.5 Å². The highest BCUT2D eigenvalue weighted by molar-refractivity contribution is 6.32. The zero-order valence-corrected chi connectivity index (χ0v) is 17.5.